The predicted octanol–water partition coefficient (Wildman–Crippen LogP) is 1.92. The van der Waals surface area contributed by atoms with Gasteiger partial charge in [0.15, 0.2) is 0 Å². The van der Waals surface area contributed by atoms with Crippen molar-refractivity contribution in [3.05, 3.63) is 36.7 Å². The van der Waals surface area contributed by atoms with Crippen LogP contribution in [0.15, 0.2) is 41.6 Å². The lowest BCUT2D eigenvalue weighted by atomic mass is 10.2. The van der Waals surface area contributed by atoms with E-state index in [0.717, 1.165) is 10.6 Å². The van der Waals surface area contributed by atoms with Crippen molar-refractivity contribution in [2.45, 2.75) is 30.8 Å². The lowest BCUT2D eigenvalue weighted by molar-refractivity contribution is -0.117. The van der Waals surface area contributed by atoms with Gasteiger partial charge in [-0.1, -0.05) is 0 Å². The quantitative estimate of drug-likeness (QED) is 0.664. The first-order valence-electron chi connectivity index (χ1n) is 7.48. The highest BCUT2D eigenvalue weighted by Crippen LogP contribution is 2.17. The van der Waals surface area contributed by atoms with Crippen LogP contribution < -0.4 is 16.4 Å². The zero-order valence-electron chi connectivity index (χ0n) is 13.7. The number of hydrogen-bond acceptors (Lipinski definition) is 5. The summed E-state index contributed by atoms with van der Waals surface area (Å²) in [5, 5.41) is 9.56. The zero-order valence-corrected chi connectivity index (χ0v) is 14.5. The molecule has 0 saturated carbocycles. The van der Waals surface area contributed by atoms with E-state index in [1.165, 1.54) is 10.9 Å². The van der Waals surface area contributed by atoms with Gasteiger partial charge in [0.25, 0.3) is 0 Å². The molecule has 2 aromatic rings. The Morgan fingerprint density at radius 2 is 1.88 bits per heavy atom. The minimum Gasteiger partial charge on any atom is -0.327 e. The Kier molecular flexibility index (Phi) is 6.39. The second kappa shape index (κ2) is 8.51. The summed E-state index contributed by atoms with van der Waals surface area (Å²) in [5.74, 6) is -0.369. The highest BCUT2D eigenvalue weighted by molar-refractivity contribution is 7.98. The number of benzene rings is 1. The average Bonchev–Trinajstić information content (AvgIpc) is 2.93. The SMILES string of the molecule is CSc1ccc(NC(=O)Cn2cc(NC(=O)CC(C)N)cn2)cc1. The van der Waals surface area contributed by atoms with Gasteiger partial charge in [0.1, 0.15) is 6.54 Å². The van der Waals surface area contributed by atoms with E-state index in [2.05, 4.69) is 15.7 Å². The number of anilines is 2. The van der Waals surface area contributed by atoms with Gasteiger partial charge in [-0.2, -0.15) is 5.10 Å². The molecule has 8 heteroatoms. The number of nitrogens with zero attached hydrogens (tertiary/aromatic N) is 2. The molecular formula is C16H21N5O2S. The molecule has 0 aliphatic carbocycles. The van der Waals surface area contributed by atoms with Gasteiger partial charge >= 0.3 is 0 Å². The maximum atomic E-state index is 12.0. The van der Waals surface area contributed by atoms with Gasteiger partial charge in [0.05, 0.1) is 11.9 Å². The second-order valence-electron chi connectivity index (χ2n) is 5.43. The molecule has 1 unspecified atom stereocenters. The summed E-state index contributed by atoms with van der Waals surface area (Å²) >= 11 is 1.64. The number of carbonyl (C=O) groups is 2. The lowest BCUT2D eigenvalue weighted by Crippen LogP contribution is -2.23. The van der Waals surface area contributed by atoms with Crippen LogP contribution in [-0.2, 0) is 16.1 Å². The fourth-order valence-corrected chi connectivity index (χ4v) is 2.45. The number of thioether (sulfide) groups is 1. The summed E-state index contributed by atoms with van der Waals surface area (Å²) in [7, 11) is 0. The van der Waals surface area contributed by atoms with E-state index in [0.29, 0.717) is 5.69 Å². The smallest absolute Gasteiger partial charge is 0.246 e. The Labute approximate surface area is 145 Å². The highest BCUT2D eigenvalue weighted by atomic mass is 32.2. The van der Waals surface area contributed by atoms with Crippen LogP contribution in [0.25, 0.3) is 0 Å². The first kappa shape index (κ1) is 18.0. The van der Waals surface area contributed by atoms with Crippen LogP contribution in [0.3, 0.4) is 0 Å². The van der Waals surface area contributed by atoms with E-state index >= 15 is 0 Å². The zero-order chi connectivity index (χ0) is 17.5. The van der Waals surface area contributed by atoms with E-state index in [9.17, 15) is 9.59 Å². The number of nitrogens with one attached hydrogen (secondary N) is 2. The molecule has 0 aliphatic heterocycles. The van der Waals surface area contributed by atoms with E-state index in [4.69, 9.17) is 5.73 Å². The number of aromatic nitrogens is 2. The first-order chi connectivity index (χ1) is 11.5. The van der Waals surface area contributed by atoms with Crippen molar-refractivity contribution in [2.24, 2.45) is 5.73 Å². The van der Waals surface area contributed by atoms with Crippen molar-refractivity contribution in [3.8, 4) is 0 Å². The summed E-state index contributed by atoms with van der Waals surface area (Å²) < 4.78 is 1.47. The number of carbonyl (C=O) groups excluding carboxylic acids is 2. The maximum absolute atomic E-state index is 12.0. The maximum Gasteiger partial charge on any atom is 0.246 e. The van der Waals surface area contributed by atoms with E-state index < -0.39 is 0 Å². The molecule has 0 aliphatic rings. The largest absolute Gasteiger partial charge is 0.327 e. The van der Waals surface area contributed by atoms with Crippen molar-refractivity contribution in [1.82, 2.24) is 9.78 Å². The van der Waals surface area contributed by atoms with E-state index in [-0.39, 0.29) is 30.8 Å². The Bertz CT molecular complexity index is 697. The molecule has 0 saturated heterocycles. The molecule has 4 N–H and O–H groups in total. The summed E-state index contributed by atoms with van der Waals surface area (Å²) in [6, 6.07) is 7.39. The predicted molar refractivity (Wildman–Crippen MR) is 96.0 cm³/mol. The Morgan fingerprint density at radius 1 is 1.21 bits per heavy atom. The van der Waals surface area contributed by atoms with Gasteiger partial charge < -0.3 is 16.4 Å². The van der Waals surface area contributed by atoms with Gasteiger partial charge in [0.2, 0.25) is 11.8 Å². The number of amides is 2. The molecule has 24 heavy (non-hydrogen) atoms. The lowest BCUT2D eigenvalue weighted by Gasteiger charge is -2.06. The monoisotopic (exact) mass is 347 g/mol. The van der Waals surface area contributed by atoms with Crippen molar-refractivity contribution < 1.29 is 9.59 Å². The van der Waals surface area contributed by atoms with Gasteiger partial charge in [0, 0.05) is 29.2 Å². The number of hydrogen-bond donors (Lipinski definition) is 3. The number of rotatable bonds is 7. The molecule has 2 amide bonds. The van der Waals surface area contributed by atoms with Crippen LogP contribution >= 0.6 is 11.8 Å². The third kappa shape index (κ3) is 5.71. The third-order valence-corrected chi connectivity index (χ3v) is 3.85. The molecule has 1 heterocycles. The van der Waals surface area contributed by atoms with Crippen molar-refractivity contribution in [3.63, 3.8) is 0 Å². The molecular weight excluding hydrogens is 326 g/mol. The van der Waals surface area contributed by atoms with Crippen molar-refractivity contribution in [2.75, 3.05) is 16.9 Å². The summed E-state index contributed by atoms with van der Waals surface area (Å²) in [6.45, 7) is 1.83. The first-order valence-corrected chi connectivity index (χ1v) is 8.70. The van der Waals surface area contributed by atoms with Gasteiger partial charge in [-0.15, -0.1) is 11.8 Å². The molecule has 2 rings (SSSR count). The van der Waals surface area contributed by atoms with Crippen LogP contribution in [0.4, 0.5) is 11.4 Å². The Balaban J connectivity index is 1.86. The Morgan fingerprint density at radius 3 is 2.50 bits per heavy atom. The van der Waals surface area contributed by atoms with Crippen molar-refractivity contribution >= 4 is 35.0 Å². The van der Waals surface area contributed by atoms with E-state index in [1.807, 2.05) is 30.5 Å². The second-order valence-corrected chi connectivity index (χ2v) is 6.31. The van der Waals surface area contributed by atoms with Gasteiger partial charge in [-0.25, -0.2) is 0 Å². The molecule has 1 aromatic heterocycles. The summed E-state index contributed by atoms with van der Waals surface area (Å²) in [4.78, 5) is 24.8. The standard InChI is InChI=1S/C16H21N5O2S/c1-11(17)7-15(22)20-13-8-18-21(9-13)10-16(23)19-12-3-5-14(24-2)6-4-12/h3-6,8-9,11H,7,10,17H2,1-2H3,(H,19,23)(H,20,22). The van der Waals surface area contributed by atoms with Crippen LogP contribution in [0.5, 0.6) is 0 Å². The molecule has 128 valence electrons. The molecule has 1 atom stereocenters. The molecule has 1 aromatic carbocycles. The average molecular weight is 347 g/mol. The molecule has 7 nitrogen and oxygen atoms in total. The van der Waals surface area contributed by atoms with Gasteiger partial charge in [-0.05, 0) is 37.4 Å². The van der Waals surface area contributed by atoms with Crippen molar-refractivity contribution in [1.29, 1.82) is 0 Å². The Hall–Kier alpha value is -2.32. The summed E-state index contributed by atoms with van der Waals surface area (Å²) in [6.07, 6.45) is 5.34. The topological polar surface area (TPSA) is 102 Å². The normalized spacial score (nSPS) is 11.8. The summed E-state index contributed by atoms with van der Waals surface area (Å²) in [5.41, 5.74) is 6.85. The highest BCUT2D eigenvalue weighted by Gasteiger charge is 2.09. The fraction of sp³-hybridized carbons (Fsp3) is 0.312. The minimum atomic E-state index is -0.205. The van der Waals surface area contributed by atoms with Crippen LogP contribution in [0, 0.1) is 0 Å². The minimum absolute atomic E-state index is 0.0629. The number of nitrogens with two attached hydrogens (primary N) is 1. The third-order valence-electron chi connectivity index (χ3n) is 3.10. The molecule has 0 bridgehead atoms. The van der Waals surface area contributed by atoms with Crippen LogP contribution in [0.2, 0.25) is 0 Å². The molecule has 0 fully saturated rings. The molecule has 0 spiro atoms. The molecule has 0 radical (unpaired) electrons. The van der Waals surface area contributed by atoms with Gasteiger partial charge in [-0.3, -0.25) is 14.3 Å². The van der Waals surface area contributed by atoms with E-state index in [1.54, 1.807) is 24.9 Å². The van der Waals surface area contributed by atoms with Crippen LogP contribution in [0.1, 0.15) is 13.3 Å². The van der Waals surface area contributed by atoms with Crippen LogP contribution in [-0.4, -0.2) is 33.9 Å². The fourth-order valence-electron chi connectivity index (χ4n) is 2.04.